The van der Waals surface area contributed by atoms with Crippen LogP contribution in [0.15, 0.2) is 36.4 Å². The maximum absolute atomic E-state index is 5.92. The molecule has 0 saturated heterocycles. The lowest BCUT2D eigenvalue weighted by molar-refractivity contribution is 0.186. The first-order chi connectivity index (χ1) is 8.04. The van der Waals surface area contributed by atoms with E-state index in [9.17, 15) is 0 Å². The molecule has 2 atom stereocenters. The molecule has 0 saturated carbocycles. The third-order valence-corrected chi connectivity index (χ3v) is 2.78. The highest BCUT2D eigenvalue weighted by atomic mass is 35.5. The molecule has 2 nitrogen and oxygen atoms in total. The molecule has 0 spiro atoms. The molecule has 0 aromatic heterocycles. The first kappa shape index (κ1) is 14.1. The van der Waals surface area contributed by atoms with E-state index in [1.54, 1.807) is 0 Å². The van der Waals surface area contributed by atoms with Gasteiger partial charge in [0.1, 0.15) is 11.9 Å². The summed E-state index contributed by atoms with van der Waals surface area (Å²) in [5, 5.41) is 4.04. The Kier molecular flexibility index (Phi) is 5.52. The molecule has 0 bridgehead atoms. The van der Waals surface area contributed by atoms with Gasteiger partial charge < -0.3 is 10.1 Å². The van der Waals surface area contributed by atoms with Gasteiger partial charge in [0.2, 0.25) is 0 Å². The largest absolute Gasteiger partial charge is 0.489 e. The third-order valence-electron chi connectivity index (χ3n) is 2.54. The van der Waals surface area contributed by atoms with Crippen molar-refractivity contribution >= 4 is 11.6 Å². The van der Waals surface area contributed by atoms with Crippen LogP contribution in [0.1, 0.15) is 20.8 Å². The Morgan fingerprint density at radius 2 is 2.24 bits per heavy atom. The van der Waals surface area contributed by atoms with Crippen LogP contribution in [0.4, 0.5) is 0 Å². The molecule has 0 heterocycles. The molecule has 0 fully saturated rings. The molecule has 3 heteroatoms. The lowest BCUT2D eigenvalue weighted by Gasteiger charge is -2.26. The molecule has 0 aliphatic heterocycles. The fourth-order valence-electron chi connectivity index (χ4n) is 1.78. The van der Waals surface area contributed by atoms with Crippen LogP contribution in [0.3, 0.4) is 0 Å². The highest BCUT2D eigenvalue weighted by molar-refractivity contribution is 6.30. The van der Waals surface area contributed by atoms with Crippen molar-refractivity contribution < 1.29 is 4.74 Å². The van der Waals surface area contributed by atoms with Crippen molar-refractivity contribution in [2.24, 2.45) is 0 Å². The van der Waals surface area contributed by atoms with Crippen LogP contribution in [0.2, 0.25) is 5.02 Å². The van der Waals surface area contributed by atoms with Gasteiger partial charge in [-0.3, -0.25) is 0 Å². The molecule has 1 N–H and O–H groups in total. The van der Waals surface area contributed by atoms with E-state index in [4.69, 9.17) is 16.3 Å². The molecule has 0 radical (unpaired) electrons. The Balaban J connectivity index is 2.69. The molecule has 94 valence electrons. The molecular weight excluding hydrogens is 234 g/mol. The van der Waals surface area contributed by atoms with E-state index in [1.165, 1.54) is 0 Å². The lowest BCUT2D eigenvalue weighted by Crippen LogP contribution is -2.42. The number of hydrogen-bond acceptors (Lipinski definition) is 2. The molecule has 17 heavy (non-hydrogen) atoms. The molecule has 0 aliphatic carbocycles. The highest BCUT2D eigenvalue weighted by Crippen LogP contribution is 2.20. The van der Waals surface area contributed by atoms with Crippen LogP contribution in [0.5, 0.6) is 5.75 Å². The average molecular weight is 254 g/mol. The monoisotopic (exact) mass is 253 g/mol. The molecule has 0 aliphatic rings. The van der Waals surface area contributed by atoms with E-state index in [0.717, 1.165) is 17.9 Å². The van der Waals surface area contributed by atoms with Gasteiger partial charge in [0.25, 0.3) is 0 Å². The van der Waals surface area contributed by atoms with Crippen molar-refractivity contribution in [2.75, 3.05) is 6.54 Å². The van der Waals surface area contributed by atoms with Gasteiger partial charge in [-0.25, -0.2) is 0 Å². The van der Waals surface area contributed by atoms with Gasteiger partial charge in [0.05, 0.1) is 6.04 Å². The Labute approximate surface area is 109 Å². The molecule has 0 amide bonds. The quantitative estimate of drug-likeness (QED) is 0.782. The van der Waals surface area contributed by atoms with Gasteiger partial charge in [-0.2, -0.15) is 0 Å². The van der Waals surface area contributed by atoms with Crippen molar-refractivity contribution in [2.45, 2.75) is 32.9 Å². The lowest BCUT2D eigenvalue weighted by atomic mass is 10.1. The zero-order chi connectivity index (χ0) is 12.8. The van der Waals surface area contributed by atoms with E-state index in [0.29, 0.717) is 5.02 Å². The van der Waals surface area contributed by atoms with E-state index in [1.807, 2.05) is 38.1 Å². The summed E-state index contributed by atoms with van der Waals surface area (Å²) in [5.74, 6) is 0.786. The molecule has 1 rings (SSSR count). The Morgan fingerprint density at radius 1 is 1.53 bits per heavy atom. The summed E-state index contributed by atoms with van der Waals surface area (Å²) < 4.78 is 5.86. The summed E-state index contributed by atoms with van der Waals surface area (Å²) >= 11 is 5.92. The molecule has 1 aromatic carbocycles. The standard InChI is InChI=1S/C14H20ClNO/c1-5-16-14(10(2)3)11(4)17-13-8-6-7-12(15)9-13/h6-9,11,14,16H,2,5H2,1,3-4H3. The predicted octanol–water partition coefficient (Wildman–Crippen LogP) is 3.66. The van der Waals surface area contributed by atoms with Crippen molar-refractivity contribution in [3.63, 3.8) is 0 Å². The summed E-state index contributed by atoms with van der Waals surface area (Å²) in [5.41, 5.74) is 1.07. The second-order valence-corrected chi connectivity index (χ2v) is 4.60. The number of ether oxygens (including phenoxy) is 1. The van der Waals surface area contributed by atoms with Crippen molar-refractivity contribution in [1.29, 1.82) is 0 Å². The van der Waals surface area contributed by atoms with E-state index >= 15 is 0 Å². The van der Waals surface area contributed by atoms with Crippen LogP contribution in [0.25, 0.3) is 0 Å². The number of nitrogens with one attached hydrogen (secondary N) is 1. The number of hydrogen-bond donors (Lipinski definition) is 1. The summed E-state index contributed by atoms with van der Waals surface area (Å²) in [6.07, 6.45) is 0.0194. The SMILES string of the molecule is C=C(C)C(NCC)C(C)Oc1cccc(Cl)c1. The van der Waals surface area contributed by atoms with Crippen LogP contribution < -0.4 is 10.1 Å². The number of likely N-dealkylation sites (N-methyl/N-ethyl adjacent to an activating group) is 1. The number of halogens is 1. The molecular formula is C14H20ClNO. The molecule has 2 unspecified atom stereocenters. The number of benzene rings is 1. The van der Waals surface area contributed by atoms with Crippen molar-refractivity contribution in [3.05, 3.63) is 41.4 Å². The van der Waals surface area contributed by atoms with Crippen LogP contribution in [0, 0.1) is 0 Å². The smallest absolute Gasteiger partial charge is 0.121 e. The third kappa shape index (κ3) is 4.41. The first-order valence-corrected chi connectivity index (χ1v) is 6.23. The van der Waals surface area contributed by atoms with E-state index in [2.05, 4.69) is 18.8 Å². The summed E-state index contributed by atoms with van der Waals surface area (Å²) in [6.45, 7) is 11.0. The van der Waals surface area contributed by atoms with Crippen LogP contribution >= 0.6 is 11.6 Å². The highest BCUT2D eigenvalue weighted by Gasteiger charge is 2.18. The fourth-order valence-corrected chi connectivity index (χ4v) is 1.96. The topological polar surface area (TPSA) is 21.3 Å². The van der Waals surface area contributed by atoms with Crippen molar-refractivity contribution in [1.82, 2.24) is 5.32 Å². The van der Waals surface area contributed by atoms with Gasteiger partial charge in [0.15, 0.2) is 0 Å². The second-order valence-electron chi connectivity index (χ2n) is 4.16. The van der Waals surface area contributed by atoms with Gasteiger partial charge in [-0.15, -0.1) is 0 Å². The number of rotatable bonds is 6. The van der Waals surface area contributed by atoms with Crippen LogP contribution in [-0.4, -0.2) is 18.7 Å². The fraction of sp³-hybridized carbons (Fsp3) is 0.429. The second kappa shape index (κ2) is 6.67. The zero-order valence-corrected chi connectivity index (χ0v) is 11.4. The van der Waals surface area contributed by atoms with Gasteiger partial charge >= 0.3 is 0 Å². The van der Waals surface area contributed by atoms with Crippen LogP contribution in [-0.2, 0) is 0 Å². The predicted molar refractivity (Wildman–Crippen MR) is 73.8 cm³/mol. The Bertz CT molecular complexity index is 378. The first-order valence-electron chi connectivity index (χ1n) is 5.85. The Hall–Kier alpha value is -0.990. The molecule has 1 aromatic rings. The minimum absolute atomic E-state index is 0.0194. The summed E-state index contributed by atoms with van der Waals surface area (Å²) in [6, 6.07) is 7.59. The Morgan fingerprint density at radius 3 is 2.76 bits per heavy atom. The van der Waals surface area contributed by atoms with Crippen molar-refractivity contribution in [3.8, 4) is 5.75 Å². The van der Waals surface area contributed by atoms with Gasteiger partial charge in [-0.1, -0.05) is 36.7 Å². The average Bonchev–Trinajstić information content (AvgIpc) is 2.25. The van der Waals surface area contributed by atoms with E-state index in [-0.39, 0.29) is 12.1 Å². The zero-order valence-electron chi connectivity index (χ0n) is 10.7. The maximum atomic E-state index is 5.92. The summed E-state index contributed by atoms with van der Waals surface area (Å²) in [7, 11) is 0. The normalized spacial score (nSPS) is 14.1. The minimum atomic E-state index is 0.0194. The van der Waals surface area contributed by atoms with E-state index < -0.39 is 0 Å². The maximum Gasteiger partial charge on any atom is 0.121 e. The van der Waals surface area contributed by atoms with Gasteiger partial charge in [-0.05, 0) is 38.6 Å². The minimum Gasteiger partial charge on any atom is -0.489 e. The summed E-state index contributed by atoms with van der Waals surface area (Å²) in [4.78, 5) is 0. The van der Waals surface area contributed by atoms with Gasteiger partial charge in [0, 0.05) is 5.02 Å².